The predicted molar refractivity (Wildman–Crippen MR) is 60.8 cm³/mol. The van der Waals surface area contributed by atoms with Gasteiger partial charge in [-0.2, -0.15) is 9.66 Å². The Kier molecular flexibility index (Phi) is 2.57. The predicted octanol–water partition coefficient (Wildman–Crippen LogP) is -0.550. The van der Waals surface area contributed by atoms with Crippen LogP contribution in [-0.2, 0) is 6.54 Å². The first-order valence-corrected chi connectivity index (χ1v) is 4.63. The first-order chi connectivity index (χ1) is 8.19. The number of hydrogen-bond acceptors (Lipinski definition) is 6. The lowest BCUT2D eigenvalue weighted by molar-refractivity contribution is 0.822. The van der Waals surface area contributed by atoms with Crippen LogP contribution in [0.25, 0.3) is 11.2 Å². The molecule has 0 spiro atoms. The SMILES string of the molecule is C=CCn1cnc2c(=O)n(N)c(N=NN)nc21. The Balaban J connectivity index is 2.79. The van der Waals surface area contributed by atoms with Gasteiger partial charge in [0.1, 0.15) is 0 Å². The van der Waals surface area contributed by atoms with Crippen molar-refractivity contribution in [3.8, 4) is 0 Å². The molecule has 0 fully saturated rings. The molecular weight excluding hydrogens is 224 g/mol. The molecule has 2 aromatic heterocycles. The Morgan fingerprint density at radius 3 is 3.00 bits per heavy atom. The summed E-state index contributed by atoms with van der Waals surface area (Å²) < 4.78 is 2.38. The summed E-state index contributed by atoms with van der Waals surface area (Å²) in [6.07, 6.45) is 3.13. The van der Waals surface area contributed by atoms with Crippen LogP contribution in [0.5, 0.6) is 0 Å². The smallest absolute Gasteiger partial charge is 0.301 e. The van der Waals surface area contributed by atoms with E-state index in [1.807, 2.05) is 0 Å². The average Bonchev–Trinajstić information content (AvgIpc) is 2.70. The molecule has 0 aliphatic heterocycles. The fourth-order valence-electron chi connectivity index (χ4n) is 1.39. The molecule has 0 saturated heterocycles. The van der Waals surface area contributed by atoms with Gasteiger partial charge >= 0.3 is 5.56 Å². The van der Waals surface area contributed by atoms with Crippen molar-refractivity contribution in [3.05, 3.63) is 29.3 Å². The van der Waals surface area contributed by atoms with Crippen LogP contribution in [0.1, 0.15) is 0 Å². The fraction of sp³-hybridized carbons (Fsp3) is 0.125. The van der Waals surface area contributed by atoms with Crippen molar-refractivity contribution < 1.29 is 0 Å². The van der Waals surface area contributed by atoms with Crippen LogP contribution in [-0.4, -0.2) is 19.2 Å². The molecule has 9 heteroatoms. The molecule has 2 heterocycles. The summed E-state index contributed by atoms with van der Waals surface area (Å²) >= 11 is 0. The lowest BCUT2D eigenvalue weighted by Gasteiger charge is -2.02. The van der Waals surface area contributed by atoms with Gasteiger partial charge in [0.05, 0.1) is 6.33 Å². The second-order valence-electron chi connectivity index (χ2n) is 3.16. The van der Waals surface area contributed by atoms with Crippen molar-refractivity contribution in [1.29, 1.82) is 0 Å². The van der Waals surface area contributed by atoms with E-state index in [9.17, 15) is 4.79 Å². The number of fused-ring (bicyclic) bond motifs is 1. The van der Waals surface area contributed by atoms with Gasteiger partial charge in [0, 0.05) is 6.54 Å². The first kappa shape index (κ1) is 10.8. The molecule has 4 N–H and O–H groups in total. The van der Waals surface area contributed by atoms with Gasteiger partial charge in [-0.15, -0.1) is 6.58 Å². The second kappa shape index (κ2) is 4.04. The molecule has 0 atom stereocenters. The van der Waals surface area contributed by atoms with E-state index >= 15 is 0 Å². The van der Waals surface area contributed by atoms with E-state index in [1.54, 1.807) is 10.6 Å². The molecule has 2 aromatic rings. The van der Waals surface area contributed by atoms with E-state index in [0.717, 1.165) is 4.68 Å². The fourth-order valence-corrected chi connectivity index (χ4v) is 1.39. The average molecular weight is 234 g/mol. The molecule has 0 saturated carbocycles. The van der Waals surface area contributed by atoms with Crippen molar-refractivity contribution in [2.24, 2.45) is 16.2 Å². The van der Waals surface area contributed by atoms with Crippen LogP contribution >= 0.6 is 0 Å². The number of nitrogens with two attached hydrogens (primary N) is 2. The van der Waals surface area contributed by atoms with Gasteiger partial charge in [-0.05, 0) is 0 Å². The molecule has 0 aliphatic rings. The second-order valence-corrected chi connectivity index (χ2v) is 3.16. The quantitative estimate of drug-likeness (QED) is 0.318. The van der Waals surface area contributed by atoms with Gasteiger partial charge < -0.3 is 16.3 Å². The van der Waals surface area contributed by atoms with Crippen LogP contribution < -0.4 is 17.2 Å². The van der Waals surface area contributed by atoms with E-state index in [4.69, 9.17) is 11.7 Å². The highest BCUT2D eigenvalue weighted by Gasteiger charge is 2.13. The summed E-state index contributed by atoms with van der Waals surface area (Å²) in [4.78, 5) is 19.8. The molecule has 17 heavy (non-hydrogen) atoms. The van der Waals surface area contributed by atoms with E-state index in [1.165, 1.54) is 6.33 Å². The third-order valence-corrected chi connectivity index (χ3v) is 2.13. The number of allylic oxidation sites excluding steroid dienone is 1. The Morgan fingerprint density at radius 1 is 1.59 bits per heavy atom. The number of nitrogens with zero attached hydrogens (tertiary/aromatic N) is 6. The maximum atomic E-state index is 11.8. The zero-order valence-corrected chi connectivity index (χ0v) is 8.82. The van der Waals surface area contributed by atoms with Gasteiger partial charge in [0.2, 0.25) is 0 Å². The summed E-state index contributed by atoms with van der Waals surface area (Å²) in [6.45, 7) is 4.06. The molecule has 0 bridgehead atoms. The Bertz CT molecular complexity index is 651. The monoisotopic (exact) mass is 234 g/mol. The third kappa shape index (κ3) is 1.62. The summed E-state index contributed by atoms with van der Waals surface area (Å²) in [5.74, 6) is 10.3. The van der Waals surface area contributed by atoms with Crippen LogP contribution in [0.4, 0.5) is 5.95 Å². The zero-order valence-electron chi connectivity index (χ0n) is 8.82. The summed E-state index contributed by atoms with van der Waals surface area (Å²) in [7, 11) is 0. The number of nitrogen functional groups attached to an aromatic ring is 1. The maximum Gasteiger partial charge on any atom is 0.301 e. The number of hydrogen-bond donors (Lipinski definition) is 2. The highest BCUT2D eigenvalue weighted by Crippen LogP contribution is 2.11. The Hall–Kier alpha value is -2.71. The molecule has 9 nitrogen and oxygen atoms in total. The van der Waals surface area contributed by atoms with Crippen LogP contribution in [0.3, 0.4) is 0 Å². The van der Waals surface area contributed by atoms with Crippen molar-refractivity contribution in [1.82, 2.24) is 19.2 Å². The molecule has 0 aromatic carbocycles. The minimum absolute atomic E-state index is 0.0872. The largest absolute Gasteiger partial charge is 0.333 e. The standard InChI is InChI=1S/C8H10N8O/c1-2-3-15-4-11-5-6(15)12-8(13-14-9)16(10)7(5)17/h2,4H,1,3,10H2,(H2,9,12,13). The van der Waals surface area contributed by atoms with E-state index in [0.29, 0.717) is 12.2 Å². The first-order valence-electron chi connectivity index (χ1n) is 4.63. The highest BCUT2D eigenvalue weighted by atomic mass is 16.1. The lowest BCUT2D eigenvalue weighted by Crippen LogP contribution is -2.28. The van der Waals surface area contributed by atoms with Gasteiger partial charge in [-0.3, -0.25) is 4.79 Å². The van der Waals surface area contributed by atoms with Gasteiger partial charge in [0.25, 0.3) is 5.95 Å². The molecule has 0 radical (unpaired) electrons. The van der Waals surface area contributed by atoms with E-state index < -0.39 is 5.56 Å². The number of imidazole rings is 1. The zero-order chi connectivity index (χ0) is 12.4. The van der Waals surface area contributed by atoms with Crippen LogP contribution in [0.15, 0.2) is 34.1 Å². The minimum Gasteiger partial charge on any atom is -0.333 e. The minimum atomic E-state index is -0.514. The van der Waals surface area contributed by atoms with Crippen LogP contribution in [0.2, 0.25) is 0 Å². The number of rotatable bonds is 3. The topological polar surface area (TPSA) is 129 Å². The maximum absolute atomic E-state index is 11.8. The van der Waals surface area contributed by atoms with Crippen molar-refractivity contribution in [2.75, 3.05) is 5.84 Å². The summed E-state index contributed by atoms with van der Waals surface area (Å²) in [6, 6.07) is 0. The van der Waals surface area contributed by atoms with Crippen molar-refractivity contribution in [3.63, 3.8) is 0 Å². The van der Waals surface area contributed by atoms with E-state index in [-0.39, 0.29) is 11.5 Å². The van der Waals surface area contributed by atoms with Gasteiger partial charge in [-0.25, -0.2) is 4.98 Å². The summed E-state index contributed by atoms with van der Waals surface area (Å²) in [5.41, 5.74) is 0.00420. The Morgan fingerprint density at radius 2 is 2.35 bits per heavy atom. The molecule has 2 rings (SSSR count). The van der Waals surface area contributed by atoms with Gasteiger partial charge in [-0.1, -0.05) is 16.4 Å². The molecule has 88 valence electrons. The van der Waals surface area contributed by atoms with Crippen LogP contribution in [0, 0.1) is 0 Å². The van der Waals surface area contributed by atoms with Crippen molar-refractivity contribution in [2.45, 2.75) is 6.54 Å². The lowest BCUT2D eigenvalue weighted by atomic mass is 10.5. The molecule has 0 amide bonds. The molecule has 0 aliphatic carbocycles. The normalized spacial score (nSPS) is 11.3. The Labute approximate surface area is 95.0 Å². The molecular formula is C8H10N8O. The molecule has 0 unspecified atom stereocenters. The summed E-state index contributed by atoms with van der Waals surface area (Å²) in [5, 5.41) is 6.51. The van der Waals surface area contributed by atoms with Gasteiger partial charge in [0.15, 0.2) is 11.2 Å². The van der Waals surface area contributed by atoms with E-state index in [2.05, 4.69) is 26.9 Å². The highest BCUT2D eigenvalue weighted by molar-refractivity contribution is 5.70. The third-order valence-electron chi connectivity index (χ3n) is 2.13. The van der Waals surface area contributed by atoms with Crippen molar-refractivity contribution >= 4 is 17.1 Å². The number of aromatic nitrogens is 4.